The fourth-order valence-electron chi connectivity index (χ4n) is 1.59. The highest BCUT2D eigenvalue weighted by atomic mass is 16.5. The average molecular weight is 213 g/mol. The van der Waals surface area contributed by atoms with Crippen molar-refractivity contribution < 1.29 is 4.74 Å². The van der Waals surface area contributed by atoms with Crippen LogP contribution in [0.1, 0.15) is 11.8 Å². The first kappa shape index (κ1) is 10.7. The first-order valence-corrected chi connectivity index (χ1v) is 5.29. The van der Waals surface area contributed by atoms with Gasteiger partial charge in [0.15, 0.2) is 6.23 Å². The fraction of sp³-hybridized carbons (Fsp3) is 0.143. The van der Waals surface area contributed by atoms with E-state index in [0.29, 0.717) is 0 Å². The molecule has 0 aliphatic rings. The highest BCUT2D eigenvalue weighted by Crippen LogP contribution is 2.19. The third-order valence-electron chi connectivity index (χ3n) is 2.41. The number of rotatable bonds is 4. The Morgan fingerprint density at radius 2 is 1.44 bits per heavy atom. The Morgan fingerprint density at radius 1 is 0.875 bits per heavy atom. The molecule has 0 radical (unpaired) electrons. The number of ether oxygens (including phenoxy) is 1. The van der Waals surface area contributed by atoms with Crippen molar-refractivity contribution in [3.63, 3.8) is 0 Å². The largest absolute Gasteiger partial charge is 0.357 e. The summed E-state index contributed by atoms with van der Waals surface area (Å²) >= 11 is 0. The molecule has 0 amide bonds. The smallest absolute Gasteiger partial charge is 0.153 e. The van der Waals surface area contributed by atoms with Gasteiger partial charge >= 0.3 is 0 Å². The van der Waals surface area contributed by atoms with Gasteiger partial charge in [0, 0.05) is 18.4 Å². The first-order valence-electron chi connectivity index (χ1n) is 5.29. The number of benzene rings is 2. The molecule has 0 fully saturated rings. The summed E-state index contributed by atoms with van der Waals surface area (Å²) < 4.78 is 5.43. The molecule has 82 valence electrons. The lowest BCUT2D eigenvalue weighted by Crippen LogP contribution is -2.12. The van der Waals surface area contributed by atoms with Crippen LogP contribution in [0.3, 0.4) is 0 Å². The second kappa shape index (κ2) is 5.33. The number of anilines is 1. The Morgan fingerprint density at radius 3 is 2.00 bits per heavy atom. The van der Waals surface area contributed by atoms with Gasteiger partial charge in [0.25, 0.3) is 0 Å². The van der Waals surface area contributed by atoms with E-state index >= 15 is 0 Å². The zero-order valence-electron chi connectivity index (χ0n) is 9.26. The summed E-state index contributed by atoms with van der Waals surface area (Å²) in [6, 6.07) is 20.1. The molecule has 0 spiro atoms. The Hall–Kier alpha value is -1.80. The lowest BCUT2D eigenvalue weighted by atomic mass is 10.2. The van der Waals surface area contributed by atoms with E-state index in [9.17, 15) is 0 Å². The minimum absolute atomic E-state index is 0.108. The molecular weight excluding hydrogens is 198 g/mol. The van der Waals surface area contributed by atoms with Crippen LogP contribution in [0.15, 0.2) is 60.7 Å². The molecule has 0 bridgehead atoms. The summed E-state index contributed by atoms with van der Waals surface area (Å²) in [5.41, 5.74) is 2.17. The van der Waals surface area contributed by atoms with Gasteiger partial charge in [-0.15, -0.1) is 0 Å². The minimum atomic E-state index is -0.108. The van der Waals surface area contributed by atoms with Crippen molar-refractivity contribution in [2.75, 3.05) is 12.4 Å². The quantitative estimate of drug-likeness (QED) is 0.785. The standard InChI is InChI=1S/C14H15NO/c1-16-14(12-8-4-2-5-9-12)15-13-10-6-3-7-11-13/h2-11,14-15H,1H3. The van der Waals surface area contributed by atoms with Gasteiger partial charge in [-0.1, -0.05) is 48.5 Å². The van der Waals surface area contributed by atoms with E-state index in [1.54, 1.807) is 7.11 Å². The van der Waals surface area contributed by atoms with Gasteiger partial charge in [0.05, 0.1) is 0 Å². The molecule has 1 unspecified atom stereocenters. The summed E-state index contributed by atoms with van der Waals surface area (Å²) in [6.45, 7) is 0. The Kier molecular flexibility index (Phi) is 3.57. The van der Waals surface area contributed by atoms with Crippen LogP contribution in [0.25, 0.3) is 0 Å². The topological polar surface area (TPSA) is 21.3 Å². The Bertz CT molecular complexity index is 413. The van der Waals surface area contributed by atoms with Crippen LogP contribution in [0.5, 0.6) is 0 Å². The monoisotopic (exact) mass is 213 g/mol. The molecule has 2 nitrogen and oxygen atoms in total. The molecule has 0 aliphatic carbocycles. The van der Waals surface area contributed by atoms with Gasteiger partial charge in [-0.05, 0) is 12.1 Å². The highest BCUT2D eigenvalue weighted by Gasteiger charge is 2.08. The molecular formula is C14H15NO. The maximum atomic E-state index is 5.43. The van der Waals surface area contributed by atoms with E-state index in [1.807, 2.05) is 60.7 Å². The number of hydrogen-bond donors (Lipinski definition) is 1. The first-order chi connectivity index (χ1) is 7.90. The van der Waals surface area contributed by atoms with Crippen molar-refractivity contribution in [2.24, 2.45) is 0 Å². The molecule has 2 heteroatoms. The fourth-order valence-corrected chi connectivity index (χ4v) is 1.59. The van der Waals surface area contributed by atoms with Gasteiger partial charge in [0.2, 0.25) is 0 Å². The Labute approximate surface area is 95.9 Å². The predicted octanol–water partition coefficient (Wildman–Crippen LogP) is 3.44. The molecule has 0 aliphatic heterocycles. The van der Waals surface area contributed by atoms with Crippen LogP contribution in [0.4, 0.5) is 5.69 Å². The molecule has 1 N–H and O–H groups in total. The van der Waals surface area contributed by atoms with Gasteiger partial charge in [-0.25, -0.2) is 0 Å². The maximum Gasteiger partial charge on any atom is 0.153 e. The van der Waals surface area contributed by atoms with E-state index in [1.165, 1.54) is 0 Å². The van der Waals surface area contributed by atoms with E-state index in [-0.39, 0.29) is 6.23 Å². The summed E-state index contributed by atoms with van der Waals surface area (Å²) in [5.74, 6) is 0. The molecule has 0 aromatic heterocycles. The third-order valence-corrected chi connectivity index (χ3v) is 2.41. The number of hydrogen-bond acceptors (Lipinski definition) is 2. The second-order valence-corrected chi connectivity index (χ2v) is 3.54. The molecule has 0 heterocycles. The lowest BCUT2D eigenvalue weighted by molar-refractivity contribution is 0.127. The van der Waals surface area contributed by atoms with Gasteiger partial charge < -0.3 is 10.1 Å². The van der Waals surface area contributed by atoms with Crippen molar-refractivity contribution >= 4 is 5.69 Å². The lowest BCUT2D eigenvalue weighted by Gasteiger charge is -2.18. The zero-order valence-corrected chi connectivity index (χ0v) is 9.26. The van der Waals surface area contributed by atoms with E-state index < -0.39 is 0 Å². The van der Waals surface area contributed by atoms with Crippen molar-refractivity contribution in [3.05, 3.63) is 66.2 Å². The van der Waals surface area contributed by atoms with Crippen molar-refractivity contribution in [2.45, 2.75) is 6.23 Å². The molecule has 0 saturated carbocycles. The van der Waals surface area contributed by atoms with Crippen LogP contribution in [0, 0.1) is 0 Å². The van der Waals surface area contributed by atoms with Crippen molar-refractivity contribution in [3.8, 4) is 0 Å². The molecule has 1 atom stereocenters. The van der Waals surface area contributed by atoms with Crippen LogP contribution < -0.4 is 5.32 Å². The molecule has 0 saturated heterocycles. The molecule has 2 aromatic carbocycles. The van der Waals surface area contributed by atoms with Gasteiger partial charge in [0.1, 0.15) is 0 Å². The van der Waals surface area contributed by atoms with Crippen LogP contribution >= 0.6 is 0 Å². The summed E-state index contributed by atoms with van der Waals surface area (Å²) in [6.07, 6.45) is -0.108. The molecule has 2 rings (SSSR count). The minimum Gasteiger partial charge on any atom is -0.357 e. The second-order valence-electron chi connectivity index (χ2n) is 3.54. The van der Waals surface area contributed by atoms with E-state index in [0.717, 1.165) is 11.3 Å². The normalized spacial score (nSPS) is 12.1. The van der Waals surface area contributed by atoms with Crippen LogP contribution in [-0.4, -0.2) is 7.11 Å². The van der Waals surface area contributed by atoms with E-state index in [4.69, 9.17) is 4.74 Å². The number of nitrogens with one attached hydrogen (secondary N) is 1. The molecule has 2 aromatic rings. The number of para-hydroxylation sites is 1. The number of methoxy groups -OCH3 is 1. The van der Waals surface area contributed by atoms with Gasteiger partial charge in [-0.3, -0.25) is 0 Å². The Balaban J connectivity index is 2.13. The van der Waals surface area contributed by atoms with Crippen molar-refractivity contribution in [1.82, 2.24) is 0 Å². The third kappa shape index (κ3) is 2.61. The average Bonchev–Trinajstić information content (AvgIpc) is 2.38. The SMILES string of the molecule is COC(Nc1ccccc1)c1ccccc1. The predicted molar refractivity (Wildman–Crippen MR) is 66.3 cm³/mol. The summed E-state index contributed by atoms with van der Waals surface area (Å²) in [5, 5.41) is 3.32. The maximum absolute atomic E-state index is 5.43. The van der Waals surface area contributed by atoms with E-state index in [2.05, 4.69) is 5.32 Å². The summed E-state index contributed by atoms with van der Waals surface area (Å²) in [4.78, 5) is 0. The zero-order chi connectivity index (χ0) is 11.2. The highest BCUT2D eigenvalue weighted by molar-refractivity contribution is 5.44. The van der Waals surface area contributed by atoms with Crippen LogP contribution in [0.2, 0.25) is 0 Å². The molecule has 16 heavy (non-hydrogen) atoms. The van der Waals surface area contributed by atoms with Crippen molar-refractivity contribution in [1.29, 1.82) is 0 Å². The summed E-state index contributed by atoms with van der Waals surface area (Å²) in [7, 11) is 1.70. The van der Waals surface area contributed by atoms with Gasteiger partial charge in [-0.2, -0.15) is 0 Å². The van der Waals surface area contributed by atoms with Crippen LogP contribution in [-0.2, 0) is 4.74 Å².